The third kappa shape index (κ3) is 8.96. The predicted molar refractivity (Wildman–Crippen MR) is 184 cm³/mol. The van der Waals surface area contributed by atoms with Gasteiger partial charge in [-0.2, -0.15) is 0 Å². The third-order valence-electron chi connectivity index (χ3n) is 8.52. The smallest absolute Gasteiger partial charge is 0.411 e. The highest BCUT2D eigenvalue weighted by Gasteiger charge is 2.54. The maximum Gasteiger partial charge on any atom is 0.411 e. The average Bonchev–Trinajstić information content (AvgIpc) is 3.68. The van der Waals surface area contributed by atoms with Crippen molar-refractivity contribution in [1.82, 2.24) is 9.80 Å². The molecule has 2 heterocycles. The van der Waals surface area contributed by atoms with E-state index in [4.69, 9.17) is 14.2 Å². The highest BCUT2D eigenvalue weighted by atomic mass is 16.6. The molecule has 1 N–H and O–H groups in total. The molecule has 0 spiro atoms. The van der Waals surface area contributed by atoms with E-state index in [2.05, 4.69) is 0 Å². The van der Waals surface area contributed by atoms with Crippen molar-refractivity contribution in [2.45, 2.75) is 96.9 Å². The van der Waals surface area contributed by atoms with Crippen LogP contribution >= 0.6 is 0 Å². The number of carboxylic acids is 1. The zero-order valence-corrected chi connectivity index (χ0v) is 29.7. The van der Waals surface area contributed by atoms with Gasteiger partial charge >= 0.3 is 24.1 Å². The van der Waals surface area contributed by atoms with Crippen LogP contribution in [0, 0.1) is 0 Å². The van der Waals surface area contributed by atoms with Gasteiger partial charge in [0.05, 0.1) is 0 Å². The van der Waals surface area contributed by atoms with Gasteiger partial charge < -0.3 is 19.3 Å². The minimum Gasteiger partial charge on any atom is -0.479 e. The molecule has 0 aliphatic carbocycles. The van der Waals surface area contributed by atoms with Gasteiger partial charge in [0.15, 0.2) is 23.7 Å². The van der Waals surface area contributed by atoms with Gasteiger partial charge in [0.25, 0.3) is 0 Å². The number of ether oxygens (including phenoxy) is 3. The summed E-state index contributed by atoms with van der Waals surface area (Å²) in [7, 11) is 0. The minimum atomic E-state index is -1.79. The lowest BCUT2D eigenvalue weighted by atomic mass is 9.86. The second-order valence-electron chi connectivity index (χ2n) is 14.6. The summed E-state index contributed by atoms with van der Waals surface area (Å²) in [5.74, 6) is -2.79. The van der Waals surface area contributed by atoms with Crippen LogP contribution in [-0.4, -0.2) is 93.1 Å². The van der Waals surface area contributed by atoms with Gasteiger partial charge in [-0.1, -0.05) is 60.2 Å². The molecule has 4 rings (SSSR count). The fourth-order valence-corrected chi connectivity index (χ4v) is 5.99. The Labute approximate surface area is 292 Å². The summed E-state index contributed by atoms with van der Waals surface area (Å²) in [6, 6.07) is 12.5. The van der Waals surface area contributed by atoms with E-state index in [0.717, 1.165) is 21.6 Å². The lowest BCUT2D eigenvalue weighted by Gasteiger charge is -2.35. The van der Waals surface area contributed by atoms with Gasteiger partial charge in [-0.3, -0.25) is 19.4 Å². The quantitative estimate of drug-likeness (QED) is 0.134. The molecule has 2 aliphatic rings. The van der Waals surface area contributed by atoms with Crippen LogP contribution in [0.2, 0.25) is 0 Å². The molecule has 12 heteroatoms. The molecule has 12 nitrogen and oxygen atoms in total. The fraction of sp³-hybridized carbons (Fsp3) is 0.474. The maximum atomic E-state index is 13.5. The Kier molecular flexibility index (Phi) is 11.2. The predicted octanol–water partition coefficient (Wildman–Crippen LogP) is 6.46. The highest BCUT2D eigenvalue weighted by Crippen LogP contribution is 2.38. The van der Waals surface area contributed by atoms with Gasteiger partial charge in [0, 0.05) is 37.1 Å². The summed E-state index contributed by atoms with van der Waals surface area (Å²) in [4.78, 5) is 79.7. The number of nitrogens with zero attached hydrogens (tertiary/aromatic N) is 2. The first-order chi connectivity index (χ1) is 23.3. The van der Waals surface area contributed by atoms with E-state index >= 15 is 0 Å². The SMILES string of the molecule is CC=C1CN(C(=O)OC(C)(C)C)[C@](CC(=O)c2ccc(-c3ccc(C(=O)COC(=O)[C@@H]4CCCN4C(=O)OC(C)(C)C)cc3)cc2)(C(=O)O)C1. The molecule has 2 aromatic carbocycles. The summed E-state index contributed by atoms with van der Waals surface area (Å²) in [6.07, 6.45) is 0.992. The van der Waals surface area contributed by atoms with Crippen molar-refractivity contribution < 1.29 is 48.1 Å². The second kappa shape index (κ2) is 14.9. The molecule has 0 radical (unpaired) electrons. The van der Waals surface area contributed by atoms with Crippen LogP contribution in [0.1, 0.15) is 94.9 Å². The Morgan fingerprint density at radius 2 is 1.34 bits per heavy atom. The number of likely N-dealkylation sites (tertiary alicyclic amines) is 2. The van der Waals surface area contributed by atoms with Gasteiger partial charge in [0.2, 0.25) is 0 Å². The van der Waals surface area contributed by atoms with Crippen LogP contribution < -0.4 is 0 Å². The number of rotatable bonds is 9. The van der Waals surface area contributed by atoms with Crippen molar-refractivity contribution in [3.8, 4) is 11.1 Å². The number of aliphatic carboxylic acids is 1. The average molecular weight is 691 g/mol. The number of amides is 2. The summed E-state index contributed by atoms with van der Waals surface area (Å²) in [6.45, 7) is 12.0. The Balaban J connectivity index is 1.39. The van der Waals surface area contributed by atoms with Crippen molar-refractivity contribution >= 4 is 35.7 Å². The first-order valence-corrected chi connectivity index (χ1v) is 16.6. The molecule has 268 valence electrons. The summed E-state index contributed by atoms with van der Waals surface area (Å²) >= 11 is 0. The molecule has 50 heavy (non-hydrogen) atoms. The summed E-state index contributed by atoms with van der Waals surface area (Å²) in [5, 5.41) is 10.3. The van der Waals surface area contributed by atoms with Crippen LogP contribution in [0.5, 0.6) is 0 Å². The Bertz CT molecular complexity index is 1660. The maximum absolute atomic E-state index is 13.5. The summed E-state index contributed by atoms with van der Waals surface area (Å²) < 4.78 is 16.2. The molecule has 2 aliphatic heterocycles. The van der Waals surface area contributed by atoms with Crippen molar-refractivity contribution in [2.75, 3.05) is 19.7 Å². The van der Waals surface area contributed by atoms with Crippen molar-refractivity contribution in [3.05, 3.63) is 71.3 Å². The molecule has 0 saturated carbocycles. The molecule has 0 unspecified atom stereocenters. The van der Waals surface area contributed by atoms with E-state index in [-0.39, 0.29) is 18.5 Å². The Morgan fingerprint density at radius 3 is 1.84 bits per heavy atom. The molecule has 2 amide bonds. The molecule has 0 bridgehead atoms. The van der Waals surface area contributed by atoms with E-state index in [1.807, 2.05) is 0 Å². The molecule has 2 atom stereocenters. The van der Waals surface area contributed by atoms with Crippen LogP contribution in [0.25, 0.3) is 11.1 Å². The number of allylic oxidation sites excluding steroid dienone is 1. The monoisotopic (exact) mass is 690 g/mol. The minimum absolute atomic E-state index is 0.0112. The van der Waals surface area contributed by atoms with Crippen molar-refractivity contribution in [1.29, 1.82) is 0 Å². The van der Waals surface area contributed by atoms with E-state index < -0.39 is 71.5 Å². The standard InChI is InChI=1S/C38H46N2O10/c1-8-24-20-38(33(44)45,40(22-24)35(47)50-37(5,6)7)21-30(41)27-15-11-25(12-16-27)26-13-17-28(18-14-26)31(42)23-48-32(43)29-10-9-19-39(29)34(46)49-36(2,3)4/h8,11-18,29H,9-10,19-23H2,1-7H3,(H,44,45)/t29-,38+/m0/s1. The third-order valence-corrected chi connectivity index (χ3v) is 8.52. The molecule has 0 aromatic heterocycles. The summed E-state index contributed by atoms with van der Waals surface area (Å²) in [5.41, 5.74) is -0.506. The largest absolute Gasteiger partial charge is 0.479 e. The van der Waals surface area contributed by atoms with E-state index in [0.29, 0.717) is 24.9 Å². The topological polar surface area (TPSA) is 157 Å². The molecular formula is C38H46N2O10. The number of hydrogen-bond acceptors (Lipinski definition) is 9. The van der Waals surface area contributed by atoms with Gasteiger partial charge in [-0.15, -0.1) is 0 Å². The first-order valence-electron chi connectivity index (χ1n) is 16.6. The first kappa shape index (κ1) is 37.8. The number of ketones is 2. The number of esters is 1. The Morgan fingerprint density at radius 1 is 0.820 bits per heavy atom. The lowest BCUT2D eigenvalue weighted by molar-refractivity contribution is -0.149. The number of hydrogen-bond donors (Lipinski definition) is 1. The number of Topliss-reactive ketones (excluding diaryl/α,β-unsaturated/α-hetero) is 2. The normalized spacial score (nSPS) is 20.1. The molecule has 2 fully saturated rings. The van der Waals surface area contributed by atoms with Crippen LogP contribution in [0.3, 0.4) is 0 Å². The second-order valence-corrected chi connectivity index (χ2v) is 14.6. The fourth-order valence-electron chi connectivity index (χ4n) is 5.99. The molecule has 2 saturated heterocycles. The van der Waals surface area contributed by atoms with Gasteiger partial charge in [0.1, 0.15) is 17.2 Å². The van der Waals surface area contributed by atoms with E-state index in [1.165, 1.54) is 4.90 Å². The molecular weight excluding hydrogens is 644 g/mol. The highest BCUT2D eigenvalue weighted by molar-refractivity contribution is 6.02. The lowest BCUT2D eigenvalue weighted by Crippen LogP contribution is -2.55. The number of carbonyl (C=O) groups is 6. The molecule has 2 aromatic rings. The van der Waals surface area contributed by atoms with Crippen LogP contribution in [0.4, 0.5) is 9.59 Å². The number of benzene rings is 2. The van der Waals surface area contributed by atoms with Gasteiger partial charge in [-0.05, 0) is 72.4 Å². The van der Waals surface area contributed by atoms with Crippen molar-refractivity contribution in [2.24, 2.45) is 0 Å². The zero-order chi connectivity index (χ0) is 37.0. The van der Waals surface area contributed by atoms with Crippen LogP contribution in [0.15, 0.2) is 60.2 Å². The van der Waals surface area contributed by atoms with E-state index in [9.17, 15) is 33.9 Å². The zero-order valence-electron chi connectivity index (χ0n) is 29.7. The number of carboxylic acid groups (broad SMARTS) is 1. The van der Waals surface area contributed by atoms with Crippen molar-refractivity contribution in [3.63, 3.8) is 0 Å². The van der Waals surface area contributed by atoms with Crippen LogP contribution in [-0.2, 0) is 23.8 Å². The van der Waals surface area contributed by atoms with E-state index in [1.54, 1.807) is 103 Å². The Hall–Kier alpha value is -5.00. The van der Waals surface area contributed by atoms with Gasteiger partial charge in [-0.25, -0.2) is 19.2 Å². The number of carbonyl (C=O) groups excluding carboxylic acids is 5.